The van der Waals surface area contributed by atoms with Crippen molar-refractivity contribution >= 4 is 6.29 Å². The van der Waals surface area contributed by atoms with Gasteiger partial charge in [0.2, 0.25) is 0 Å². The summed E-state index contributed by atoms with van der Waals surface area (Å²) in [6.45, 7) is 6.31. The lowest BCUT2D eigenvalue weighted by Crippen LogP contribution is -2.07. The van der Waals surface area contributed by atoms with Crippen LogP contribution in [0.5, 0.6) is 0 Å². The summed E-state index contributed by atoms with van der Waals surface area (Å²) in [6.07, 6.45) is 8.12. The molecule has 0 heterocycles. The number of hydrogen-bond donors (Lipinski definition) is 0. The molecular formula is C19H24O3. The molecule has 3 heteroatoms. The maximum absolute atomic E-state index is 11.1. The number of aldehydes is 1. The fourth-order valence-corrected chi connectivity index (χ4v) is 2.10. The van der Waals surface area contributed by atoms with Gasteiger partial charge in [0.15, 0.2) is 6.29 Å². The zero-order valence-corrected chi connectivity index (χ0v) is 13.7. The largest absolute Gasteiger partial charge is 0.489 e. The number of methoxy groups -OCH3 is 1. The van der Waals surface area contributed by atoms with Crippen LogP contribution in [0, 0.1) is 0 Å². The first-order valence-electron chi connectivity index (χ1n) is 7.32. The first kappa shape index (κ1) is 17.9. The number of ether oxygens (including phenoxy) is 2. The van der Waals surface area contributed by atoms with Crippen LogP contribution >= 0.6 is 0 Å². The molecule has 0 radical (unpaired) electrons. The van der Waals surface area contributed by atoms with E-state index in [4.69, 9.17) is 9.47 Å². The van der Waals surface area contributed by atoms with Crippen LogP contribution < -0.4 is 0 Å². The van der Waals surface area contributed by atoms with Gasteiger partial charge in [-0.2, -0.15) is 0 Å². The minimum absolute atomic E-state index is 0.393. The second-order valence-electron chi connectivity index (χ2n) is 4.81. The maximum atomic E-state index is 11.1. The summed E-state index contributed by atoms with van der Waals surface area (Å²) in [5.74, 6) is 0.827. The maximum Gasteiger partial charge on any atom is 0.153 e. The van der Waals surface area contributed by atoms with Crippen LogP contribution in [0.4, 0.5) is 0 Å². The number of rotatable bonds is 8. The average Bonchev–Trinajstić information content (AvgIpc) is 2.55. The topological polar surface area (TPSA) is 35.5 Å². The van der Waals surface area contributed by atoms with E-state index in [1.165, 1.54) is 7.11 Å². The second kappa shape index (κ2) is 9.74. The van der Waals surface area contributed by atoms with Gasteiger partial charge in [-0.3, -0.25) is 0 Å². The molecule has 1 unspecified atom stereocenters. The lowest BCUT2D eigenvalue weighted by Gasteiger charge is -2.16. The Morgan fingerprint density at radius 2 is 2.00 bits per heavy atom. The molecule has 1 aromatic carbocycles. The standard InChI is InChI=1S/C19H24O3/c1-5-7-10-15(3)18(6-2)22-14-16-11-8-9-12-17(16)19(13-20)21-4/h5-13,19H,14H2,1-4H3/b7-5+,15-10-,18-6+. The molecule has 0 N–H and O–H groups in total. The van der Waals surface area contributed by atoms with Crippen LogP contribution in [0.3, 0.4) is 0 Å². The molecule has 0 saturated heterocycles. The summed E-state index contributed by atoms with van der Waals surface area (Å²) in [7, 11) is 1.53. The number of carbonyl (C=O) groups is 1. The predicted octanol–water partition coefficient (Wildman–Crippen LogP) is 4.52. The van der Waals surface area contributed by atoms with Crippen molar-refractivity contribution in [2.45, 2.75) is 33.5 Å². The zero-order valence-electron chi connectivity index (χ0n) is 13.7. The van der Waals surface area contributed by atoms with Crippen molar-refractivity contribution < 1.29 is 14.3 Å². The fraction of sp³-hybridized carbons (Fsp3) is 0.316. The van der Waals surface area contributed by atoms with Gasteiger partial charge in [-0.1, -0.05) is 42.5 Å². The fourth-order valence-electron chi connectivity index (χ4n) is 2.10. The third-order valence-electron chi connectivity index (χ3n) is 3.31. The molecule has 1 atom stereocenters. The van der Waals surface area contributed by atoms with Gasteiger partial charge >= 0.3 is 0 Å². The second-order valence-corrected chi connectivity index (χ2v) is 4.81. The van der Waals surface area contributed by atoms with E-state index in [1.54, 1.807) is 0 Å². The van der Waals surface area contributed by atoms with Crippen molar-refractivity contribution in [3.05, 3.63) is 71.0 Å². The van der Waals surface area contributed by atoms with Gasteiger partial charge in [-0.25, -0.2) is 0 Å². The Balaban J connectivity index is 2.90. The molecule has 0 aliphatic heterocycles. The smallest absolute Gasteiger partial charge is 0.153 e. The number of benzene rings is 1. The van der Waals surface area contributed by atoms with E-state index in [0.717, 1.165) is 28.7 Å². The third-order valence-corrected chi connectivity index (χ3v) is 3.31. The first-order chi connectivity index (χ1) is 10.7. The highest BCUT2D eigenvalue weighted by molar-refractivity contribution is 5.61. The van der Waals surface area contributed by atoms with E-state index in [-0.39, 0.29) is 0 Å². The minimum Gasteiger partial charge on any atom is -0.489 e. The predicted molar refractivity (Wildman–Crippen MR) is 89.4 cm³/mol. The molecule has 118 valence electrons. The molecule has 0 amide bonds. The third kappa shape index (κ3) is 5.01. The summed E-state index contributed by atoms with van der Waals surface area (Å²) >= 11 is 0. The molecule has 0 fully saturated rings. The van der Waals surface area contributed by atoms with E-state index >= 15 is 0 Å². The van der Waals surface area contributed by atoms with Gasteiger partial charge in [-0.05, 0) is 43.5 Å². The van der Waals surface area contributed by atoms with Gasteiger partial charge in [0.1, 0.15) is 18.5 Å². The summed E-state index contributed by atoms with van der Waals surface area (Å²) < 4.78 is 11.1. The molecule has 0 aromatic heterocycles. The summed E-state index contributed by atoms with van der Waals surface area (Å²) in [5.41, 5.74) is 2.84. The Bertz CT molecular complexity index is 568. The SMILES string of the molecule is C/C=C/C=C(C)\C(=C/C)OCc1ccccc1C(C=O)OC. The molecule has 3 nitrogen and oxygen atoms in total. The summed E-state index contributed by atoms with van der Waals surface area (Å²) in [6, 6.07) is 7.65. The monoisotopic (exact) mass is 300 g/mol. The Hall–Kier alpha value is -2.13. The molecule has 1 rings (SSSR count). The Morgan fingerprint density at radius 3 is 2.59 bits per heavy atom. The van der Waals surface area contributed by atoms with Crippen molar-refractivity contribution in [2.75, 3.05) is 7.11 Å². The minimum atomic E-state index is -0.562. The quantitative estimate of drug-likeness (QED) is 0.402. The van der Waals surface area contributed by atoms with Gasteiger partial charge in [0.05, 0.1) is 0 Å². The lowest BCUT2D eigenvalue weighted by atomic mass is 10.0. The number of hydrogen-bond acceptors (Lipinski definition) is 3. The number of allylic oxidation sites excluding steroid dienone is 5. The zero-order chi connectivity index (χ0) is 16.4. The Labute approximate surface area is 132 Å². The number of carbonyl (C=O) groups excluding carboxylic acids is 1. The van der Waals surface area contributed by atoms with Crippen LogP contribution in [-0.4, -0.2) is 13.4 Å². The highest BCUT2D eigenvalue weighted by Gasteiger charge is 2.14. The van der Waals surface area contributed by atoms with Gasteiger partial charge < -0.3 is 14.3 Å². The molecule has 0 aliphatic rings. The average molecular weight is 300 g/mol. The van der Waals surface area contributed by atoms with E-state index in [9.17, 15) is 4.79 Å². The molecule has 0 aliphatic carbocycles. The Morgan fingerprint density at radius 1 is 1.27 bits per heavy atom. The lowest BCUT2D eigenvalue weighted by molar-refractivity contribution is -0.116. The van der Waals surface area contributed by atoms with E-state index < -0.39 is 6.10 Å². The molecule has 0 saturated carbocycles. The highest BCUT2D eigenvalue weighted by atomic mass is 16.5. The van der Waals surface area contributed by atoms with Crippen LogP contribution in [0.25, 0.3) is 0 Å². The van der Waals surface area contributed by atoms with Crippen molar-refractivity contribution in [1.82, 2.24) is 0 Å². The van der Waals surface area contributed by atoms with Crippen molar-refractivity contribution in [3.63, 3.8) is 0 Å². The van der Waals surface area contributed by atoms with Crippen molar-refractivity contribution in [1.29, 1.82) is 0 Å². The van der Waals surface area contributed by atoms with E-state index in [1.807, 2.05) is 69.3 Å². The van der Waals surface area contributed by atoms with Gasteiger partial charge in [0.25, 0.3) is 0 Å². The Kier molecular flexibility index (Phi) is 7.94. The molecular weight excluding hydrogens is 276 g/mol. The molecule has 0 bridgehead atoms. The van der Waals surface area contributed by atoms with Gasteiger partial charge in [-0.15, -0.1) is 0 Å². The normalized spacial score (nSPS) is 14.2. The molecule has 1 aromatic rings. The van der Waals surface area contributed by atoms with E-state index in [0.29, 0.717) is 6.61 Å². The van der Waals surface area contributed by atoms with Gasteiger partial charge in [0, 0.05) is 7.11 Å². The molecule has 22 heavy (non-hydrogen) atoms. The van der Waals surface area contributed by atoms with Crippen LogP contribution in [-0.2, 0) is 20.9 Å². The highest BCUT2D eigenvalue weighted by Crippen LogP contribution is 2.22. The summed E-state index contributed by atoms with van der Waals surface area (Å²) in [5, 5.41) is 0. The van der Waals surface area contributed by atoms with Crippen LogP contribution in [0.1, 0.15) is 38.0 Å². The van der Waals surface area contributed by atoms with Crippen LogP contribution in [0.2, 0.25) is 0 Å². The van der Waals surface area contributed by atoms with Crippen molar-refractivity contribution in [2.24, 2.45) is 0 Å². The van der Waals surface area contributed by atoms with Crippen LogP contribution in [0.15, 0.2) is 59.9 Å². The van der Waals surface area contributed by atoms with Crippen molar-refractivity contribution in [3.8, 4) is 0 Å². The first-order valence-corrected chi connectivity index (χ1v) is 7.32. The van der Waals surface area contributed by atoms with E-state index in [2.05, 4.69) is 0 Å². The summed E-state index contributed by atoms with van der Waals surface area (Å²) in [4.78, 5) is 11.1. The molecule has 0 spiro atoms.